The highest BCUT2D eigenvalue weighted by atomic mass is 19.1. The van der Waals surface area contributed by atoms with Gasteiger partial charge in [0.15, 0.2) is 0 Å². The molecule has 1 amide bonds. The zero-order chi connectivity index (χ0) is 15.8. The number of amides is 1. The molecule has 3 nitrogen and oxygen atoms in total. The van der Waals surface area contributed by atoms with Gasteiger partial charge < -0.3 is 10.2 Å². The number of hydrogen-bond donors (Lipinski definition) is 1. The van der Waals surface area contributed by atoms with Crippen LogP contribution in [0.25, 0.3) is 0 Å². The molecule has 0 bridgehead atoms. The summed E-state index contributed by atoms with van der Waals surface area (Å²) in [6, 6.07) is 16.3. The fraction of sp³-hybridized carbons (Fsp3) is 0.278. The second-order valence-electron chi connectivity index (χ2n) is 4.99. The van der Waals surface area contributed by atoms with Crippen molar-refractivity contribution in [3.8, 4) is 0 Å². The number of halogens is 1. The first-order valence-electron chi connectivity index (χ1n) is 7.52. The number of anilines is 1. The highest BCUT2D eigenvalue weighted by Gasteiger charge is 2.12. The second kappa shape index (κ2) is 8.29. The van der Waals surface area contributed by atoms with Crippen LogP contribution < -0.4 is 10.2 Å². The average Bonchev–Trinajstić information content (AvgIpc) is 2.55. The van der Waals surface area contributed by atoms with Gasteiger partial charge in [0.05, 0.1) is 0 Å². The molecule has 116 valence electrons. The molecule has 0 fully saturated rings. The summed E-state index contributed by atoms with van der Waals surface area (Å²) in [7, 11) is 0. The molecule has 4 heteroatoms. The largest absolute Gasteiger partial charge is 0.313 e. The monoisotopic (exact) mass is 300 g/mol. The van der Waals surface area contributed by atoms with Gasteiger partial charge in [0, 0.05) is 37.3 Å². The van der Waals surface area contributed by atoms with E-state index in [0.717, 1.165) is 5.69 Å². The molecule has 0 heterocycles. The molecule has 0 unspecified atom stereocenters. The van der Waals surface area contributed by atoms with Crippen molar-refractivity contribution in [1.82, 2.24) is 5.32 Å². The Bertz CT molecular complexity index is 601. The first kappa shape index (κ1) is 16.2. The Kier molecular flexibility index (Phi) is 6.10. The van der Waals surface area contributed by atoms with Crippen LogP contribution in [0.5, 0.6) is 0 Å². The molecular weight excluding hydrogens is 279 g/mol. The summed E-state index contributed by atoms with van der Waals surface area (Å²) in [5.41, 5.74) is 1.52. The van der Waals surface area contributed by atoms with Gasteiger partial charge in [-0.25, -0.2) is 4.39 Å². The molecule has 0 saturated carbocycles. The molecule has 2 aromatic carbocycles. The molecule has 0 spiro atoms. The van der Waals surface area contributed by atoms with Crippen LogP contribution in [0.4, 0.5) is 10.1 Å². The van der Waals surface area contributed by atoms with Crippen molar-refractivity contribution in [2.24, 2.45) is 0 Å². The number of rotatable bonds is 7. The van der Waals surface area contributed by atoms with E-state index in [0.29, 0.717) is 31.6 Å². The van der Waals surface area contributed by atoms with Crippen LogP contribution in [-0.2, 0) is 11.3 Å². The van der Waals surface area contributed by atoms with Crippen molar-refractivity contribution in [3.63, 3.8) is 0 Å². The smallest absolute Gasteiger partial charge is 0.228 e. The number of nitrogens with one attached hydrogen (secondary N) is 1. The number of para-hydroxylation sites is 1. The van der Waals surface area contributed by atoms with Crippen LogP contribution in [0.1, 0.15) is 18.9 Å². The quantitative estimate of drug-likeness (QED) is 0.795. The lowest BCUT2D eigenvalue weighted by Crippen LogP contribution is -2.33. The Balaban J connectivity index is 1.81. The SMILES string of the molecule is CCN(C(=O)CCNCc1ccccc1F)c1ccccc1. The third-order valence-electron chi connectivity index (χ3n) is 3.47. The van der Waals surface area contributed by atoms with Gasteiger partial charge in [0.2, 0.25) is 5.91 Å². The minimum Gasteiger partial charge on any atom is -0.313 e. The predicted molar refractivity (Wildman–Crippen MR) is 87.2 cm³/mol. The third-order valence-corrected chi connectivity index (χ3v) is 3.47. The summed E-state index contributed by atoms with van der Waals surface area (Å²) in [6.45, 7) is 3.54. The van der Waals surface area contributed by atoms with Crippen molar-refractivity contribution < 1.29 is 9.18 Å². The van der Waals surface area contributed by atoms with E-state index in [2.05, 4.69) is 5.32 Å². The number of carbonyl (C=O) groups is 1. The fourth-order valence-corrected chi connectivity index (χ4v) is 2.31. The van der Waals surface area contributed by atoms with Crippen LogP contribution in [0.3, 0.4) is 0 Å². The number of hydrogen-bond acceptors (Lipinski definition) is 2. The highest BCUT2D eigenvalue weighted by Crippen LogP contribution is 2.13. The molecule has 0 radical (unpaired) electrons. The minimum atomic E-state index is -0.221. The fourth-order valence-electron chi connectivity index (χ4n) is 2.31. The van der Waals surface area contributed by atoms with Gasteiger partial charge in [-0.3, -0.25) is 4.79 Å². The van der Waals surface area contributed by atoms with Crippen LogP contribution in [0, 0.1) is 5.82 Å². The molecule has 0 saturated heterocycles. The van der Waals surface area contributed by atoms with Gasteiger partial charge in [0.25, 0.3) is 0 Å². The van der Waals surface area contributed by atoms with Gasteiger partial charge in [-0.1, -0.05) is 36.4 Å². The standard InChI is InChI=1S/C18H21FN2O/c1-2-21(16-9-4-3-5-10-16)18(22)12-13-20-14-15-8-6-7-11-17(15)19/h3-11,20H,2,12-14H2,1H3. The van der Waals surface area contributed by atoms with Crippen LogP contribution in [-0.4, -0.2) is 19.0 Å². The lowest BCUT2D eigenvalue weighted by molar-refractivity contribution is -0.118. The molecule has 0 aliphatic heterocycles. The van der Waals surface area contributed by atoms with E-state index in [9.17, 15) is 9.18 Å². The molecular formula is C18H21FN2O. The van der Waals surface area contributed by atoms with Gasteiger partial charge >= 0.3 is 0 Å². The van der Waals surface area contributed by atoms with Crippen LogP contribution in [0.15, 0.2) is 54.6 Å². The molecule has 2 aromatic rings. The summed E-state index contributed by atoms with van der Waals surface area (Å²) in [4.78, 5) is 14.0. The summed E-state index contributed by atoms with van der Waals surface area (Å²) in [5, 5.41) is 3.12. The van der Waals surface area contributed by atoms with E-state index in [4.69, 9.17) is 0 Å². The molecule has 0 aromatic heterocycles. The molecule has 0 aliphatic carbocycles. The number of benzene rings is 2. The first-order chi connectivity index (χ1) is 10.7. The Morgan fingerprint density at radius 3 is 2.45 bits per heavy atom. The Labute approximate surface area is 130 Å². The Morgan fingerprint density at radius 1 is 1.09 bits per heavy atom. The normalized spacial score (nSPS) is 10.5. The zero-order valence-electron chi connectivity index (χ0n) is 12.8. The lowest BCUT2D eigenvalue weighted by Gasteiger charge is -2.21. The molecule has 2 rings (SSSR count). The summed E-state index contributed by atoms with van der Waals surface area (Å²) < 4.78 is 13.5. The topological polar surface area (TPSA) is 32.3 Å². The summed E-state index contributed by atoms with van der Waals surface area (Å²) >= 11 is 0. The maximum Gasteiger partial charge on any atom is 0.228 e. The van der Waals surface area contributed by atoms with Crippen molar-refractivity contribution in [3.05, 3.63) is 66.0 Å². The van der Waals surface area contributed by atoms with Gasteiger partial charge in [-0.15, -0.1) is 0 Å². The van der Waals surface area contributed by atoms with E-state index >= 15 is 0 Å². The van der Waals surface area contributed by atoms with E-state index in [1.807, 2.05) is 37.3 Å². The first-order valence-corrected chi connectivity index (χ1v) is 7.52. The average molecular weight is 300 g/mol. The van der Waals surface area contributed by atoms with E-state index in [1.54, 1.807) is 23.1 Å². The maximum absolute atomic E-state index is 13.5. The van der Waals surface area contributed by atoms with Gasteiger partial charge in [-0.05, 0) is 25.1 Å². The van der Waals surface area contributed by atoms with Crippen molar-refractivity contribution in [2.75, 3.05) is 18.0 Å². The summed E-state index contributed by atoms with van der Waals surface area (Å²) in [5.74, 6) is -0.157. The molecule has 0 atom stereocenters. The second-order valence-corrected chi connectivity index (χ2v) is 4.99. The van der Waals surface area contributed by atoms with Gasteiger partial charge in [-0.2, -0.15) is 0 Å². The zero-order valence-corrected chi connectivity index (χ0v) is 12.8. The van der Waals surface area contributed by atoms with Crippen molar-refractivity contribution >= 4 is 11.6 Å². The molecule has 22 heavy (non-hydrogen) atoms. The lowest BCUT2D eigenvalue weighted by atomic mass is 10.2. The van der Waals surface area contributed by atoms with E-state index in [-0.39, 0.29) is 11.7 Å². The van der Waals surface area contributed by atoms with E-state index in [1.165, 1.54) is 6.07 Å². The Morgan fingerprint density at radius 2 is 1.77 bits per heavy atom. The third kappa shape index (κ3) is 4.40. The van der Waals surface area contributed by atoms with Crippen LogP contribution >= 0.6 is 0 Å². The van der Waals surface area contributed by atoms with Gasteiger partial charge in [0.1, 0.15) is 5.82 Å². The van der Waals surface area contributed by atoms with Crippen molar-refractivity contribution in [2.45, 2.75) is 19.9 Å². The number of carbonyl (C=O) groups excluding carboxylic acids is 1. The predicted octanol–water partition coefficient (Wildman–Crippen LogP) is 3.36. The van der Waals surface area contributed by atoms with E-state index < -0.39 is 0 Å². The minimum absolute atomic E-state index is 0.0646. The summed E-state index contributed by atoms with van der Waals surface area (Å²) in [6.07, 6.45) is 0.386. The van der Waals surface area contributed by atoms with Crippen LogP contribution in [0.2, 0.25) is 0 Å². The Hall–Kier alpha value is -2.20. The molecule has 0 aliphatic rings. The number of nitrogens with zero attached hydrogens (tertiary/aromatic N) is 1. The maximum atomic E-state index is 13.5. The molecule has 1 N–H and O–H groups in total. The van der Waals surface area contributed by atoms with Crippen molar-refractivity contribution in [1.29, 1.82) is 0 Å². The highest BCUT2D eigenvalue weighted by molar-refractivity contribution is 5.93.